The largest absolute Gasteiger partial charge is 0.480 e. The van der Waals surface area contributed by atoms with E-state index in [0.717, 1.165) is 11.8 Å². The molecule has 0 radical (unpaired) electrons. The van der Waals surface area contributed by atoms with Crippen LogP contribution >= 0.6 is 0 Å². The maximum atomic E-state index is 12.2. The molecule has 2 aromatic rings. The maximum absolute atomic E-state index is 12.2. The molecule has 0 bridgehead atoms. The van der Waals surface area contributed by atoms with Crippen LogP contribution in [0.5, 0.6) is 0 Å². The molecular weight excluding hydrogens is 442 g/mol. The molecule has 8 N–H and O–H groups in total. The van der Waals surface area contributed by atoms with Crippen molar-refractivity contribution in [1.29, 1.82) is 0 Å². The van der Waals surface area contributed by atoms with Crippen molar-refractivity contribution in [2.75, 3.05) is 19.6 Å². The second-order valence-corrected chi connectivity index (χ2v) is 7.93. The monoisotopic (exact) mass is 475 g/mol. The number of benzene rings is 1. The predicted molar refractivity (Wildman–Crippen MR) is 127 cm³/mol. The zero-order valence-corrected chi connectivity index (χ0v) is 19.1. The van der Waals surface area contributed by atoms with Crippen LogP contribution in [-0.4, -0.2) is 59.5 Å². The lowest BCUT2D eigenvalue weighted by Crippen LogP contribution is -2.51. The van der Waals surface area contributed by atoms with Crippen molar-refractivity contribution in [3.63, 3.8) is 0 Å². The lowest BCUT2D eigenvalue weighted by Gasteiger charge is -2.25. The average molecular weight is 476 g/mol. The number of unbranched alkanes of at least 4 members (excludes halogenated alkanes) is 1. The lowest BCUT2D eigenvalue weighted by atomic mass is 10.1. The first-order valence-electron chi connectivity index (χ1n) is 11.3. The average Bonchev–Trinajstić information content (AvgIpc) is 3.33. The summed E-state index contributed by atoms with van der Waals surface area (Å²) in [6.07, 6.45) is 2.92. The van der Waals surface area contributed by atoms with E-state index in [0.29, 0.717) is 49.9 Å². The smallest absolute Gasteiger partial charge is 0.340 e. The van der Waals surface area contributed by atoms with Crippen LogP contribution in [0.4, 0.5) is 0 Å². The van der Waals surface area contributed by atoms with Crippen molar-refractivity contribution in [3.8, 4) is 0 Å². The quantitative estimate of drug-likeness (QED) is 0.243. The van der Waals surface area contributed by atoms with Crippen molar-refractivity contribution >= 4 is 28.8 Å². The van der Waals surface area contributed by atoms with E-state index in [1.54, 1.807) is 12.1 Å². The Morgan fingerprint density at radius 3 is 2.56 bits per heavy atom. The molecule has 1 fully saturated rings. The summed E-state index contributed by atoms with van der Waals surface area (Å²) in [4.78, 5) is 47.7. The van der Waals surface area contributed by atoms with Gasteiger partial charge in [0.1, 0.15) is 17.7 Å². The van der Waals surface area contributed by atoms with Crippen LogP contribution in [0, 0.1) is 0 Å². The highest BCUT2D eigenvalue weighted by Gasteiger charge is 2.35. The third-order valence-corrected chi connectivity index (χ3v) is 5.55. The summed E-state index contributed by atoms with van der Waals surface area (Å²) in [6, 6.07) is 7.57. The molecule has 186 valence electrons. The molecule has 11 heteroatoms. The number of carboxylic acids is 1. The summed E-state index contributed by atoms with van der Waals surface area (Å²) in [5.74, 6) is -1.79. The Hall–Kier alpha value is -3.28. The number of carbonyl (C=O) groups excluding carboxylic acids is 2. The minimum atomic E-state index is -1.07. The number of carboxylic acid groups (broad SMARTS) is 1. The second-order valence-electron chi connectivity index (χ2n) is 7.93. The van der Waals surface area contributed by atoms with Gasteiger partial charge in [0.2, 0.25) is 11.8 Å². The zero-order chi connectivity index (χ0) is 25.1. The Bertz CT molecular complexity index is 1040. The molecule has 1 aliphatic heterocycles. The number of aliphatic carboxylic acids is 1. The van der Waals surface area contributed by atoms with Crippen molar-refractivity contribution in [1.82, 2.24) is 10.2 Å². The van der Waals surface area contributed by atoms with Crippen molar-refractivity contribution in [2.45, 2.75) is 50.7 Å². The van der Waals surface area contributed by atoms with Crippen LogP contribution < -0.4 is 28.1 Å². The number of likely N-dealkylation sites (tertiary alicyclic amines) is 1. The minimum absolute atomic E-state index is 0.150. The number of nitrogens with zero attached hydrogens (tertiary/aromatic N) is 1. The standard InChI is InChI=1S/C13H24N4O4.C10H9NO2/c14-6-2-1-4-9(13(20)21)16-12(19)10-5-3-7-17(10)11(18)8-15;11-6-8-5-7-3-1-2-4-9(7)13-10(8)12/h9-10H,1-8,14-15H2,(H,16,19)(H,20,21);1-5H,6,11H2/t9-,10-;/m0./s1. The normalized spacial score (nSPS) is 16.0. The van der Waals surface area contributed by atoms with Crippen LogP contribution in [0.2, 0.25) is 0 Å². The maximum Gasteiger partial charge on any atom is 0.340 e. The van der Waals surface area contributed by atoms with Gasteiger partial charge >= 0.3 is 11.6 Å². The molecule has 1 aromatic heterocycles. The van der Waals surface area contributed by atoms with Crippen molar-refractivity contribution < 1.29 is 23.9 Å². The summed E-state index contributed by atoms with van der Waals surface area (Å²) in [5, 5.41) is 12.6. The fourth-order valence-electron chi connectivity index (χ4n) is 3.72. The lowest BCUT2D eigenvalue weighted by molar-refractivity contribution is -0.143. The highest BCUT2D eigenvalue weighted by Crippen LogP contribution is 2.18. The molecule has 2 heterocycles. The Labute approximate surface area is 197 Å². The zero-order valence-electron chi connectivity index (χ0n) is 19.1. The number of nitrogens with one attached hydrogen (secondary N) is 1. The Morgan fingerprint density at radius 1 is 1.18 bits per heavy atom. The van der Waals surface area contributed by atoms with Gasteiger partial charge < -0.3 is 36.9 Å². The highest BCUT2D eigenvalue weighted by molar-refractivity contribution is 5.91. The molecular formula is C23H33N5O6. The summed E-state index contributed by atoms with van der Waals surface area (Å²) in [6.45, 7) is 1.04. The predicted octanol–water partition coefficient (Wildman–Crippen LogP) is -0.114. The van der Waals surface area contributed by atoms with Crippen LogP contribution in [0.15, 0.2) is 39.5 Å². The fraction of sp³-hybridized carbons (Fsp3) is 0.478. The molecule has 1 aromatic carbocycles. The molecule has 0 unspecified atom stereocenters. The molecule has 0 saturated carbocycles. The molecule has 3 rings (SSSR count). The van der Waals surface area contributed by atoms with Gasteiger partial charge in [-0.15, -0.1) is 0 Å². The number of amides is 2. The Balaban J connectivity index is 0.000000266. The van der Waals surface area contributed by atoms with Gasteiger partial charge in [0.25, 0.3) is 0 Å². The van der Waals surface area contributed by atoms with Crippen molar-refractivity contribution in [2.24, 2.45) is 17.2 Å². The minimum Gasteiger partial charge on any atom is -0.480 e. The molecule has 1 aliphatic rings. The molecule has 0 aliphatic carbocycles. The summed E-state index contributed by atoms with van der Waals surface area (Å²) in [7, 11) is 0. The van der Waals surface area contributed by atoms with E-state index in [2.05, 4.69) is 5.32 Å². The number of carbonyl (C=O) groups is 3. The van der Waals surface area contributed by atoms with Gasteiger partial charge in [-0.3, -0.25) is 9.59 Å². The van der Waals surface area contributed by atoms with Gasteiger partial charge in [-0.2, -0.15) is 0 Å². The first-order valence-corrected chi connectivity index (χ1v) is 11.3. The van der Waals surface area contributed by atoms with Gasteiger partial charge in [-0.1, -0.05) is 18.2 Å². The van der Waals surface area contributed by atoms with Gasteiger partial charge in [-0.05, 0) is 50.8 Å². The van der Waals surface area contributed by atoms with E-state index in [1.807, 2.05) is 18.2 Å². The van der Waals surface area contributed by atoms with E-state index in [4.69, 9.17) is 26.7 Å². The fourth-order valence-corrected chi connectivity index (χ4v) is 3.72. The summed E-state index contributed by atoms with van der Waals surface area (Å²) >= 11 is 0. The molecule has 1 saturated heterocycles. The number of hydrogen-bond donors (Lipinski definition) is 5. The number of rotatable bonds is 9. The van der Waals surface area contributed by atoms with Crippen LogP contribution in [0.3, 0.4) is 0 Å². The number of hydrogen-bond acceptors (Lipinski definition) is 8. The molecule has 11 nitrogen and oxygen atoms in total. The number of fused-ring (bicyclic) bond motifs is 1. The SMILES string of the molecule is NCCCC[C@H](NC(=O)[C@@H]1CCCN1C(=O)CN)C(=O)O.NCc1cc2ccccc2oc1=O. The van der Waals surface area contributed by atoms with E-state index in [-0.39, 0.29) is 24.6 Å². The molecule has 0 spiro atoms. The summed E-state index contributed by atoms with van der Waals surface area (Å²) in [5.41, 5.74) is 16.8. The van der Waals surface area contributed by atoms with E-state index in [1.165, 1.54) is 4.90 Å². The molecule has 2 atom stereocenters. The Morgan fingerprint density at radius 2 is 1.91 bits per heavy atom. The number of para-hydroxylation sites is 1. The first-order chi connectivity index (χ1) is 16.3. The van der Waals surface area contributed by atoms with Gasteiger partial charge in [0.15, 0.2) is 0 Å². The number of nitrogens with two attached hydrogens (primary N) is 3. The summed E-state index contributed by atoms with van der Waals surface area (Å²) < 4.78 is 5.05. The Kier molecular flexibility index (Phi) is 10.7. The molecule has 34 heavy (non-hydrogen) atoms. The van der Waals surface area contributed by atoms with Crippen LogP contribution in [0.25, 0.3) is 11.0 Å². The second kappa shape index (κ2) is 13.4. The highest BCUT2D eigenvalue weighted by atomic mass is 16.4. The van der Waals surface area contributed by atoms with E-state index in [9.17, 15) is 19.2 Å². The van der Waals surface area contributed by atoms with Gasteiger partial charge in [-0.25, -0.2) is 9.59 Å². The topological polar surface area (TPSA) is 195 Å². The van der Waals surface area contributed by atoms with E-state index < -0.39 is 24.0 Å². The van der Waals surface area contributed by atoms with Crippen LogP contribution in [-0.2, 0) is 20.9 Å². The van der Waals surface area contributed by atoms with Crippen LogP contribution in [0.1, 0.15) is 37.7 Å². The first kappa shape index (κ1) is 27.0. The molecule has 2 amide bonds. The third-order valence-electron chi connectivity index (χ3n) is 5.55. The van der Waals surface area contributed by atoms with E-state index >= 15 is 0 Å². The van der Waals surface area contributed by atoms with Crippen molar-refractivity contribution in [3.05, 3.63) is 46.3 Å². The third kappa shape index (κ3) is 7.37. The van der Waals surface area contributed by atoms with Gasteiger partial charge in [0.05, 0.1) is 12.1 Å². The van der Waals surface area contributed by atoms with Gasteiger partial charge in [0, 0.05) is 18.5 Å².